The maximum Gasteiger partial charge on any atom is 0.0995 e. The van der Waals surface area contributed by atoms with E-state index in [2.05, 4.69) is 0 Å². The van der Waals surface area contributed by atoms with Crippen LogP contribution in [0.4, 0.5) is 0 Å². The summed E-state index contributed by atoms with van der Waals surface area (Å²) < 4.78 is 0. The van der Waals surface area contributed by atoms with Crippen LogP contribution in [0.15, 0.2) is 0 Å². The van der Waals surface area contributed by atoms with Crippen molar-refractivity contribution in [2.75, 3.05) is 6.61 Å². The summed E-state index contributed by atoms with van der Waals surface area (Å²) in [5.74, 6) is 0. The van der Waals surface area contributed by atoms with E-state index >= 15 is 0 Å². The minimum Gasteiger partial charge on any atom is -0.395 e. The van der Waals surface area contributed by atoms with Gasteiger partial charge in [0, 0.05) is 6.04 Å². The highest BCUT2D eigenvalue weighted by atomic mass is 16.3. The zero-order valence-corrected chi connectivity index (χ0v) is 8.11. The van der Waals surface area contributed by atoms with Crippen LogP contribution in [0, 0.1) is 0 Å². The van der Waals surface area contributed by atoms with Crippen LogP contribution in [-0.2, 0) is 0 Å². The number of hydrogen-bond acceptors (Lipinski definition) is 5. The van der Waals surface area contributed by atoms with Crippen molar-refractivity contribution in [1.82, 2.24) is 4.90 Å². The van der Waals surface area contributed by atoms with Crippen molar-refractivity contribution in [1.29, 1.82) is 0 Å². The van der Waals surface area contributed by atoms with Gasteiger partial charge in [0.2, 0.25) is 0 Å². The molecule has 0 bridgehead atoms. The summed E-state index contributed by atoms with van der Waals surface area (Å²) in [6, 6.07) is -0.766. The lowest BCUT2D eigenvalue weighted by Crippen LogP contribution is -2.43. The highest BCUT2D eigenvalue weighted by Gasteiger charge is 2.55. The molecule has 0 amide bonds. The van der Waals surface area contributed by atoms with Gasteiger partial charge in [-0.05, 0) is 13.3 Å². The number of fused-ring (bicyclic) bond motifs is 1. The van der Waals surface area contributed by atoms with Crippen LogP contribution < -0.4 is 0 Å². The number of hydrogen-bond donors (Lipinski definition) is 4. The van der Waals surface area contributed by atoms with E-state index in [4.69, 9.17) is 5.11 Å². The first-order chi connectivity index (χ1) is 6.57. The molecule has 2 heterocycles. The molecule has 14 heavy (non-hydrogen) atoms. The van der Waals surface area contributed by atoms with Gasteiger partial charge in [-0.3, -0.25) is 4.90 Å². The Bertz CT molecular complexity index is 225. The lowest BCUT2D eigenvalue weighted by atomic mass is 10.0. The topological polar surface area (TPSA) is 84.2 Å². The molecule has 0 spiro atoms. The Labute approximate surface area is 82.6 Å². The second-order valence-electron chi connectivity index (χ2n) is 4.32. The molecule has 0 saturated carbocycles. The van der Waals surface area contributed by atoms with Gasteiger partial charge in [0.25, 0.3) is 0 Å². The van der Waals surface area contributed by atoms with Gasteiger partial charge in [0.15, 0.2) is 0 Å². The minimum absolute atomic E-state index is 0.0962. The average molecular weight is 203 g/mol. The van der Waals surface area contributed by atoms with E-state index in [1.54, 1.807) is 0 Å². The Hall–Kier alpha value is -0.200. The monoisotopic (exact) mass is 203 g/mol. The Kier molecular flexibility index (Phi) is 2.53. The summed E-state index contributed by atoms with van der Waals surface area (Å²) in [6.45, 7) is 1.74. The maximum absolute atomic E-state index is 9.69. The van der Waals surface area contributed by atoms with Gasteiger partial charge in [0.1, 0.15) is 0 Å². The molecule has 0 aromatic heterocycles. The lowest BCUT2D eigenvalue weighted by Gasteiger charge is -2.27. The first kappa shape index (κ1) is 10.3. The molecule has 5 heteroatoms. The number of rotatable bonds is 1. The first-order valence-electron chi connectivity index (χ1n) is 5.00. The minimum atomic E-state index is -0.956. The van der Waals surface area contributed by atoms with Gasteiger partial charge in [0.05, 0.1) is 37.0 Å². The van der Waals surface area contributed by atoms with Crippen molar-refractivity contribution in [2.45, 2.75) is 49.8 Å². The van der Waals surface area contributed by atoms with E-state index in [1.165, 1.54) is 0 Å². The van der Waals surface area contributed by atoms with E-state index in [9.17, 15) is 15.3 Å². The number of nitrogens with zero attached hydrogens (tertiary/aromatic N) is 1. The lowest BCUT2D eigenvalue weighted by molar-refractivity contribution is -0.00155. The van der Waals surface area contributed by atoms with Crippen molar-refractivity contribution in [3.8, 4) is 0 Å². The van der Waals surface area contributed by atoms with Crippen molar-refractivity contribution in [3.63, 3.8) is 0 Å². The molecule has 0 aliphatic carbocycles. The molecule has 0 radical (unpaired) electrons. The molecule has 0 unspecified atom stereocenters. The van der Waals surface area contributed by atoms with Crippen molar-refractivity contribution in [3.05, 3.63) is 0 Å². The van der Waals surface area contributed by atoms with Crippen molar-refractivity contribution < 1.29 is 20.4 Å². The summed E-state index contributed by atoms with van der Waals surface area (Å²) in [6.07, 6.45) is -1.92. The largest absolute Gasteiger partial charge is 0.395 e. The predicted octanol–water partition coefficient (Wildman–Crippen LogP) is -2.09. The van der Waals surface area contributed by atoms with E-state index in [0.29, 0.717) is 6.42 Å². The number of aliphatic hydroxyl groups excluding tert-OH is 4. The summed E-state index contributed by atoms with van der Waals surface area (Å²) in [5, 5.41) is 38.1. The van der Waals surface area contributed by atoms with E-state index in [0.717, 1.165) is 0 Å². The van der Waals surface area contributed by atoms with Gasteiger partial charge in [-0.25, -0.2) is 0 Å². The smallest absolute Gasteiger partial charge is 0.0995 e. The Balaban J connectivity index is 2.25. The van der Waals surface area contributed by atoms with Crippen molar-refractivity contribution in [2.24, 2.45) is 0 Å². The quantitative estimate of drug-likeness (QED) is 0.392. The molecule has 82 valence electrons. The summed E-state index contributed by atoms with van der Waals surface area (Å²) in [4.78, 5) is 1.83. The third-order valence-electron chi connectivity index (χ3n) is 3.49. The predicted molar refractivity (Wildman–Crippen MR) is 48.6 cm³/mol. The van der Waals surface area contributed by atoms with Crippen LogP contribution in [0.25, 0.3) is 0 Å². The Morgan fingerprint density at radius 2 is 1.86 bits per heavy atom. The van der Waals surface area contributed by atoms with Gasteiger partial charge in [-0.2, -0.15) is 0 Å². The third kappa shape index (κ3) is 1.20. The molecule has 2 saturated heterocycles. The van der Waals surface area contributed by atoms with Crippen LogP contribution in [0.3, 0.4) is 0 Å². The zero-order valence-electron chi connectivity index (χ0n) is 8.11. The highest BCUT2D eigenvalue weighted by Crippen LogP contribution is 2.37. The summed E-state index contributed by atoms with van der Waals surface area (Å²) in [5.41, 5.74) is 0. The second-order valence-corrected chi connectivity index (χ2v) is 4.32. The molecule has 0 aromatic carbocycles. The second kappa shape index (κ2) is 3.43. The van der Waals surface area contributed by atoms with Gasteiger partial charge < -0.3 is 20.4 Å². The normalized spacial score (nSPS) is 53.8. The van der Waals surface area contributed by atoms with Crippen LogP contribution in [0.2, 0.25) is 0 Å². The highest BCUT2D eigenvalue weighted by molar-refractivity contribution is 5.09. The fourth-order valence-corrected chi connectivity index (χ4v) is 2.86. The van der Waals surface area contributed by atoms with E-state index in [1.807, 2.05) is 11.8 Å². The van der Waals surface area contributed by atoms with Crippen LogP contribution in [0.1, 0.15) is 13.3 Å². The number of aliphatic hydroxyl groups is 4. The molecule has 5 nitrogen and oxygen atoms in total. The molecule has 2 aliphatic rings. The maximum atomic E-state index is 9.69. The van der Waals surface area contributed by atoms with Gasteiger partial charge in [-0.1, -0.05) is 0 Å². The first-order valence-corrected chi connectivity index (χ1v) is 5.00. The Morgan fingerprint density at radius 3 is 2.43 bits per heavy atom. The fraction of sp³-hybridized carbons (Fsp3) is 1.00. The molecule has 2 fully saturated rings. The Morgan fingerprint density at radius 1 is 1.21 bits per heavy atom. The molecular weight excluding hydrogens is 186 g/mol. The van der Waals surface area contributed by atoms with Gasteiger partial charge >= 0.3 is 0 Å². The molecule has 2 aliphatic heterocycles. The van der Waals surface area contributed by atoms with Gasteiger partial charge in [-0.15, -0.1) is 0 Å². The third-order valence-corrected chi connectivity index (χ3v) is 3.49. The summed E-state index contributed by atoms with van der Waals surface area (Å²) in [7, 11) is 0. The SMILES string of the molecule is C[C@@H]1C[C@@H](O)[C@@H]2[C@H](O)[C@H](O)[C@@H](CO)N21. The average Bonchev–Trinajstić information content (AvgIpc) is 2.55. The fourth-order valence-electron chi connectivity index (χ4n) is 2.86. The van der Waals surface area contributed by atoms with Crippen LogP contribution in [0.5, 0.6) is 0 Å². The molecule has 4 N–H and O–H groups in total. The molecule has 2 rings (SSSR count). The molecule has 6 atom stereocenters. The molecular formula is C9H17NO4. The van der Waals surface area contributed by atoms with E-state index in [-0.39, 0.29) is 12.6 Å². The van der Waals surface area contributed by atoms with Crippen LogP contribution >= 0.6 is 0 Å². The van der Waals surface area contributed by atoms with E-state index < -0.39 is 30.4 Å². The van der Waals surface area contributed by atoms with Crippen LogP contribution in [-0.4, -0.2) is 68.4 Å². The molecule has 0 aromatic rings. The van der Waals surface area contributed by atoms with Crippen molar-refractivity contribution >= 4 is 0 Å². The standard InChI is InChI=1S/C9H17NO4/c1-4-2-6(12)7-9(14)8(13)5(3-11)10(4)7/h4-9,11-14H,2-3H2,1H3/t4-,5-,6-,7-,8-,9+/m1/s1. The zero-order chi connectivity index (χ0) is 10.5. The summed E-state index contributed by atoms with van der Waals surface area (Å²) >= 11 is 0.